The molecule has 0 unspecified atom stereocenters. The molecule has 0 aromatic carbocycles. The van der Waals surface area contributed by atoms with Gasteiger partial charge in [0.15, 0.2) is 5.13 Å². The molecule has 0 aliphatic carbocycles. The van der Waals surface area contributed by atoms with E-state index in [4.69, 9.17) is 0 Å². The molecule has 1 aromatic heterocycles. The Balaban J connectivity index is 2.12. The monoisotopic (exact) mass is 260 g/mol. The summed E-state index contributed by atoms with van der Waals surface area (Å²) in [6.07, 6.45) is 1.27. The molecule has 2 heterocycles. The summed E-state index contributed by atoms with van der Waals surface area (Å²) in [5.41, 5.74) is 0.456. The number of halogens is 1. The van der Waals surface area contributed by atoms with Gasteiger partial charge in [-0.1, -0.05) is 13.8 Å². The standard InChI is InChI=1S/C9H13BrN2S/c1-9(2)3-4-12(6-9)8-11-7(10)5-13-8/h5H,3-4,6H2,1-2H3. The summed E-state index contributed by atoms with van der Waals surface area (Å²) in [4.78, 5) is 6.79. The second-order valence-corrected chi connectivity index (χ2v) is 5.94. The zero-order valence-electron chi connectivity index (χ0n) is 7.88. The Bertz CT molecular complexity index is 308. The molecule has 13 heavy (non-hydrogen) atoms. The largest absolute Gasteiger partial charge is 0.348 e. The van der Waals surface area contributed by atoms with Gasteiger partial charge in [0.05, 0.1) is 0 Å². The quantitative estimate of drug-likeness (QED) is 0.772. The first-order valence-corrected chi connectivity index (χ1v) is 6.10. The minimum Gasteiger partial charge on any atom is -0.348 e. The Morgan fingerprint density at radius 2 is 2.38 bits per heavy atom. The maximum Gasteiger partial charge on any atom is 0.186 e. The van der Waals surface area contributed by atoms with Gasteiger partial charge < -0.3 is 4.90 Å². The topological polar surface area (TPSA) is 16.1 Å². The van der Waals surface area contributed by atoms with Crippen LogP contribution in [-0.4, -0.2) is 18.1 Å². The van der Waals surface area contributed by atoms with Gasteiger partial charge in [0, 0.05) is 18.5 Å². The molecule has 0 atom stereocenters. The SMILES string of the molecule is CC1(C)CCN(c2nc(Br)cs2)C1. The number of thiazole rings is 1. The first-order chi connectivity index (χ1) is 6.07. The highest BCUT2D eigenvalue weighted by Crippen LogP contribution is 2.34. The third-order valence-electron chi connectivity index (χ3n) is 2.41. The summed E-state index contributed by atoms with van der Waals surface area (Å²) >= 11 is 5.10. The fourth-order valence-electron chi connectivity index (χ4n) is 1.67. The second kappa shape index (κ2) is 3.24. The molecular formula is C9H13BrN2S. The Morgan fingerprint density at radius 1 is 1.62 bits per heavy atom. The molecule has 72 valence electrons. The average Bonchev–Trinajstić information content (AvgIpc) is 2.56. The Hall–Kier alpha value is -0.0900. The van der Waals surface area contributed by atoms with Crippen LogP contribution in [0.4, 0.5) is 5.13 Å². The highest BCUT2D eigenvalue weighted by atomic mass is 79.9. The third kappa shape index (κ3) is 2.05. The summed E-state index contributed by atoms with van der Waals surface area (Å²) in [6, 6.07) is 0. The smallest absolute Gasteiger partial charge is 0.186 e. The van der Waals surface area contributed by atoms with E-state index in [9.17, 15) is 0 Å². The molecule has 1 fully saturated rings. The van der Waals surface area contributed by atoms with Gasteiger partial charge in [0.2, 0.25) is 0 Å². The van der Waals surface area contributed by atoms with Crippen molar-refractivity contribution in [1.82, 2.24) is 4.98 Å². The zero-order chi connectivity index (χ0) is 9.47. The van der Waals surface area contributed by atoms with E-state index < -0.39 is 0 Å². The summed E-state index contributed by atoms with van der Waals surface area (Å²) < 4.78 is 0.956. The lowest BCUT2D eigenvalue weighted by atomic mass is 9.93. The molecule has 2 nitrogen and oxygen atoms in total. The van der Waals surface area contributed by atoms with E-state index in [1.54, 1.807) is 11.3 Å². The van der Waals surface area contributed by atoms with E-state index in [2.05, 4.69) is 39.7 Å². The van der Waals surface area contributed by atoms with Crippen molar-refractivity contribution in [2.75, 3.05) is 18.0 Å². The normalized spacial score (nSPS) is 21.0. The molecule has 1 aliphatic rings. The molecule has 0 amide bonds. The predicted molar refractivity (Wildman–Crippen MR) is 60.4 cm³/mol. The van der Waals surface area contributed by atoms with E-state index in [0.29, 0.717) is 5.41 Å². The first-order valence-electron chi connectivity index (χ1n) is 4.43. The van der Waals surface area contributed by atoms with E-state index >= 15 is 0 Å². The number of aromatic nitrogens is 1. The Kier molecular flexibility index (Phi) is 2.36. The Labute approximate surface area is 91.1 Å². The molecule has 1 aliphatic heterocycles. The maximum atomic E-state index is 4.42. The van der Waals surface area contributed by atoms with Crippen LogP contribution in [0.3, 0.4) is 0 Å². The molecule has 0 bridgehead atoms. The fourth-order valence-corrected chi connectivity index (χ4v) is 2.94. The van der Waals surface area contributed by atoms with E-state index in [1.165, 1.54) is 6.42 Å². The first kappa shape index (κ1) is 9.46. The average molecular weight is 261 g/mol. The number of anilines is 1. The van der Waals surface area contributed by atoms with Crippen molar-refractivity contribution < 1.29 is 0 Å². The predicted octanol–water partition coefficient (Wildman–Crippen LogP) is 3.14. The number of hydrogen-bond donors (Lipinski definition) is 0. The van der Waals surface area contributed by atoms with Gasteiger partial charge in [-0.15, -0.1) is 11.3 Å². The van der Waals surface area contributed by atoms with Crippen molar-refractivity contribution in [2.24, 2.45) is 5.41 Å². The van der Waals surface area contributed by atoms with Gasteiger partial charge in [-0.2, -0.15) is 0 Å². The van der Waals surface area contributed by atoms with Gasteiger partial charge >= 0.3 is 0 Å². The highest BCUT2D eigenvalue weighted by molar-refractivity contribution is 9.10. The minimum absolute atomic E-state index is 0.456. The molecular weight excluding hydrogens is 248 g/mol. The van der Waals surface area contributed by atoms with Gasteiger partial charge in [-0.25, -0.2) is 4.98 Å². The van der Waals surface area contributed by atoms with Crippen LogP contribution < -0.4 is 4.90 Å². The van der Waals surface area contributed by atoms with Crippen molar-refractivity contribution >= 4 is 32.4 Å². The van der Waals surface area contributed by atoms with Gasteiger partial charge in [0.1, 0.15) is 4.60 Å². The highest BCUT2D eigenvalue weighted by Gasteiger charge is 2.30. The number of rotatable bonds is 1. The molecule has 4 heteroatoms. The van der Waals surface area contributed by atoms with Crippen molar-refractivity contribution in [2.45, 2.75) is 20.3 Å². The van der Waals surface area contributed by atoms with Crippen LogP contribution >= 0.6 is 27.3 Å². The van der Waals surface area contributed by atoms with Gasteiger partial charge in [-0.3, -0.25) is 0 Å². The van der Waals surface area contributed by atoms with Crippen LogP contribution in [-0.2, 0) is 0 Å². The van der Waals surface area contributed by atoms with Gasteiger partial charge in [0.25, 0.3) is 0 Å². The van der Waals surface area contributed by atoms with Gasteiger partial charge in [-0.05, 0) is 27.8 Å². The summed E-state index contributed by atoms with van der Waals surface area (Å²) in [5.74, 6) is 0. The second-order valence-electron chi connectivity index (χ2n) is 4.29. The Morgan fingerprint density at radius 3 is 2.85 bits per heavy atom. The van der Waals surface area contributed by atoms with Crippen molar-refractivity contribution in [3.05, 3.63) is 9.98 Å². The van der Waals surface area contributed by atoms with Crippen LogP contribution in [0.5, 0.6) is 0 Å². The molecule has 0 radical (unpaired) electrons. The summed E-state index contributed by atoms with van der Waals surface area (Å²) in [5, 5.41) is 3.19. The maximum absolute atomic E-state index is 4.42. The number of hydrogen-bond acceptors (Lipinski definition) is 3. The lowest BCUT2D eigenvalue weighted by Gasteiger charge is -2.18. The van der Waals surface area contributed by atoms with E-state index in [0.717, 1.165) is 22.8 Å². The summed E-state index contributed by atoms with van der Waals surface area (Å²) in [6.45, 7) is 6.91. The van der Waals surface area contributed by atoms with Crippen molar-refractivity contribution in [3.8, 4) is 0 Å². The van der Waals surface area contributed by atoms with Crippen LogP contribution in [0, 0.1) is 5.41 Å². The summed E-state index contributed by atoms with van der Waals surface area (Å²) in [7, 11) is 0. The molecule has 1 saturated heterocycles. The molecule has 0 saturated carbocycles. The van der Waals surface area contributed by atoms with Crippen molar-refractivity contribution in [1.29, 1.82) is 0 Å². The van der Waals surface area contributed by atoms with E-state index in [-0.39, 0.29) is 0 Å². The van der Waals surface area contributed by atoms with Crippen LogP contribution in [0.15, 0.2) is 9.98 Å². The van der Waals surface area contributed by atoms with Crippen LogP contribution in [0.2, 0.25) is 0 Å². The van der Waals surface area contributed by atoms with Crippen LogP contribution in [0.1, 0.15) is 20.3 Å². The number of nitrogens with zero attached hydrogens (tertiary/aromatic N) is 2. The lowest BCUT2D eigenvalue weighted by molar-refractivity contribution is 0.418. The molecule has 1 aromatic rings. The van der Waals surface area contributed by atoms with Crippen molar-refractivity contribution in [3.63, 3.8) is 0 Å². The molecule has 2 rings (SSSR count). The lowest BCUT2D eigenvalue weighted by Crippen LogP contribution is -2.22. The molecule has 0 spiro atoms. The molecule has 0 N–H and O–H groups in total. The minimum atomic E-state index is 0.456. The van der Waals surface area contributed by atoms with Crippen LogP contribution in [0.25, 0.3) is 0 Å². The third-order valence-corrected chi connectivity index (χ3v) is 4.02. The zero-order valence-corrected chi connectivity index (χ0v) is 10.3. The fraction of sp³-hybridized carbons (Fsp3) is 0.667. The van der Waals surface area contributed by atoms with E-state index in [1.807, 2.05) is 5.38 Å².